The Kier molecular flexibility index (Phi) is 8.87. The molecule has 0 fully saturated rings. The van der Waals surface area contributed by atoms with Gasteiger partial charge in [0, 0.05) is 9.90 Å². The van der Waals surface area contributed by atoms with Crippen LogP contribution in [0, 0.1) is 11.3 Å². The summed E-state index contributed by atoms with van der Waals surface area (Å²) < 4.78 is 24.9. The average molecular weight is 526 g/mol. The molecule has 4 nitrogen and oxygen atoms in total. The quantitative estimate of drug-likeness (QED) is 0.247. The van der Waals surface area contributed by atoms with Gasteiger partial charge in [0.2, 0.25) is 0 Å². The normalized spacial score (nSPS) is 24.4. The van der Waals surface area contributed by atoms with Crippen molar-refractivity contribution in [3.8, 4) is 11.5 Å². The summed E-state index contributed by atoms with van der Waals surface area (Å²) in [6, 6.07) is 5.87. The molecule has 0 unspecified atom stereocenters. The van der Waals surface area contributed by atoms with E-state index in [1.54, 1.807) is 14.2 Å². The van der Waals surface area contributed by atoms with Crippen molar-refractivity contribution in [3.05, 3.63) is 46.5 Å². The smallest absolute Gasteiger partial charge is 0.192 e. The highest BCUT2D eigenvalue weighted by Gasteiger charge is 2.45. The molecule has 6 heteroatoms. The van der Waals surface area contributed by atoms with Crippen LogP contribution in [0.2, 0.25) is 18.1 Å². The summed E-state index contributed by atoms with van der Waals surface area (Å²) >= 11 is 3.93. The Morgan fingerprint density at radius 3 is 2.31 bits per heavy atom. The maximum atomic E-state index is 6.83. The van der Waals surface area contributed by atoms with Crippen molar-refractivity contribution in [2.75, 3.05) is 20.8 Å². The van der Waals surface area contributed by atoms with Crippen molar-refractivity contribution < 1.29 is 18.6 Å². The van der Waals surface area contributed by atoms with Crippen molar-refractivity contribution in [3.63, 3.8) is 0 Å². The molecule has 0 amide bonds. The third-order valence-electron chi connectivity index (χ3n) is 7.44. The van der Waals surface area contributed by atoms with Crippen LogP contribution in [0.1, 0.15) is 46.6 Å². The fourth-order valence-electron chi connectivity index (χ4n) is 3.84. The number of hydrogen-bond acceptors (Lipinski definition) is 4. The van der Waals surface area contributed by atoms with Gasteiger partial charge in [-0.15, -0.1) is 6.58 Å². The minimum atomic E-state index is -1.91. The van der Waals surface area contributed by atoms with Crippen LogP contribution in [-0.4, -0.2) is 35.2 Å². The van der Waals surface area contributed by atoms with Gasteiger partial charge in [0.05, 0.1) is 33.5 Å². The molecule has 0 aromatic heterocycles. The minimum absolute atomic E-state index is 0.0543. The molecule has 0 radical (unpaired) electrons. The van der Waals surface area contributed by atoms with Gasteiger partial charge in [-0.3, -0.25) is 0 Å². The number of halogens is 1. The maximum Gasteiger partial charge on any atom is 0.192 e. The summed E-state index contributed by atoms with van der Waals surface area (Å²) in [5.74, 6) is 1.82. The summed E-state index contributed by atoms with van der Waals surface area (Å²) in [6.07, 6.45) is 3.09. The zero-order valence-corrected chi connectivity index (χ0v) is 23.9. The highest BCUT2D eigenvalue weighted by molar-refractivity contribution is 9.11. The first-order valence-electron chi connectivity index (χ1n) is 11.3. The van der Waals surface area contributed by atoms with E-state index < -0.39 is 8.32 Å². The van der Waals surface area contributed by atoms with Gasteiger partial charge in [-0.05, 0) is 53.7 Å². The van der Waals surface area contributed by atoms with E-state index in [1.165, 1.54) is 5.57 Å². The number of benzene rings is 1. The van der Waals surface area contributed by atoms with E-state index in [1.807, 2.05) is 18.2 Å². The summed E-state index contributed by atoms with van der Waals surface area (Å²) in [7, 11) is 1.37. The lowest BCUT2D eigenvalue weighted by Gasteiger charge is -2.46. The van der Waals surface area contributed by atoms with E-state index in [0.717, 1.165) is 16.5 Å². The lowest BCUT2D eigenvalue weighted by molar-refractivity contribution is 0.0989. The molecule has 0 spiro atoms. The Labute approximate surface area is 204 Å². The van der Waals surface area contributed by atoms with E-state index in [-0.39, 0.29) is 16.6 Å². The van der Waals surface area contributed by atoms with Crippen LogP contribution in [0.3, 0.4) is 0 Å². The predicted molar refractivity (Wildman–Crippen MR) is 139 cm³/mol. The van der Waals surface area contributed by atoms with E-state index in [2.05, 4.69) is 76.3 Å². The second-order valence-corrected chi connectivity index (χ2v) is 16.1. The molecule has 1 aromatic rings. The fourth-order valence-corrected chi connectivity index (χ4v) is 6.11. The highest BCUT2D eigenvalue weighted by atomic mass is 79.9. The lowest BCUT2D eigenvalue weighted by Crippen LogP contribution is -2.47. The van der Waals surface area contributed by atoms with Crippen LogP contribution >= 0.6 is 15.9 Å². The largest absolute Gasteiger partial charge is 0.493 e. The molecule has 2 rings (SSSR count). The van der Waals surface area contributed by atoms with Crippen LogP contribution < -0.4 is 9.47 Å². The summed E-state index contributed by atoms with van der Waals surface area (Å²) in [5.41, 5.74) is 2.11. The van der Waals surface area contributed by atoms with Gasteiger partial charge in [-0.2, -0.15) is 0 Å². The number of ether oxygens (including phenoxy) is 3. The van der Waals surface area contributed by atoms with Gasteiger partial charge in [-0.25, -0.2) is 0 Å². The summed E-state index contributed by atoms with van der Waals surface area (Å²) in [6.45, 7) is 21.2. The highest BCUT2D eigenvalue weighted by Crippen LogP contribution is 2.50. The topological polar surface area (TPSA) is 36.9 Å². The van der Waals surface area contributed by atoms with E-state index in [0.29, 0.717) is 30.6 Å². The van der Waals surface area contributed by atoms with E-state index >= 15 is 0 Å². The molecular weight excluding hydrogens is 484 g/mol. The maximum absolute atomic E-state index is 6.83. The number of allylic oxidation sites excluding steroid dienone is 1. The van der Waals surface area contributed by atoms with Crippen LogP contribution in [0.15, 0.2) is 40.9 Å². The van der Waals surface area contributed by atoms with E-state index in [4.69, 9.17) is 18.6 Å². The zero-order chi connectivity index (χ0) is 24.3. The van der Waals surface area contributed by atoms with Gasteiger partial charge < -0.3 is 18.6 Å². The standard InChI is InChI=1S/C26H41BrO4Si/c1-11-26(6)18(2)14-23(31-32(9,10)25(3,4)5)24(27)20(26)17-30-16-19-12-13-21(28-7)22(15-19)29-8/h11-13,15,18,23H,1,14,16-17H2,2-10H3/t18-,23-,26+/m1/s1. The molecule has 0 aliphatic heterocycles. The van der Waals surface area contributed by atoms with Gasteiger partial charge in [0.1, 0.15) is 0 Å². The molecule has 1 aliphatic carbocycles. The molecule has 0 saturated carbocycles. The second kappa shape index (κ2) is 10.5. The van der Waals surface area contributed by atoms with Crippen molar-refractivity contribution in [2.24, 2.45) is 11.3 Å². The van der Waals surface area contributed by atoms with Gasteiger partial charge in [0.15, 0.2) is 19.8 Å². The first-order valence-corrected chi connectivity index (χ1v) is 15.0. The van der Waals surface area contributed by atoms with Crippen LogP contribution in [0.5, 0.6) is 11.5 Å². The van der Waals surface area contributed by atoms with Crippen LogP contribution in [0.4, 0.5) is 0 Å². The SMILES string of the molecule is C=C[C@]1(C)C(COCc2ccc(OC)c(OC)c2)=C(Br)[C@H](O[Si](C)(C)C(C)(C)C)C[C@H]1C. The molecule has 0 bridgehead atoms. The Morgan fingerprint density at radius 2 is 1.78 bits per heavy atom. The molecular formula is C26H41BrO4Si. The third kappa shape index (κ3) is 5.69. The molecule has 1 aromatic carbocycles. The van der Waals surface area contributed by atoms with Gasteiger partial charge in [0.25, 0.3) is 0 Å². The van der Waals surface area contributed by atoms with Crippen molar-refractivity contribution in [1.82, 2.24) is 0 Å². The lowest BCUT2D eigenvalue weighted by atomic mass is 9.66. The first kappa shape index (κ1) is 27.2. The van der Waals surface area contributed by atoms with Crippen molar-refractivity contribution >= 4 is 24.2 Å². The number of hydrogen-bond donors (Lipinski definition) is 0. The summed E-state index contributed by atoms with van der Waals surface area (Å²) in [4.78, 5) is 0. The van der Waals surface area contributed by atoms with Crippen LogP contribution in [0.25, 0.3) is 0 Å². The molecule has 0 saturated heterocycles. The average Bonchev–Trinajstić information content (AvgIpc) is 2.73. The number of rotatable bonds is 9. The molecule has 32 heavy (non-hydrogen) atoms. The molecule has 0 N–H and O–H groups in total. The Balaban J connectivity index is 2.25. The number of methoxy groups -OCH3 is 2. The Hall–Kier alpha value is -1.08. The molecule has 180 valence electrons. The Bertz CT molecular complexity index is 843. The third-order valence-corrected chi connectivity index (χ3v) is 12.9. The van der Waals surface area contributed by atoms with Crippen LogP contribution in [-0.2, 0) is 15.8 Å². The summed E-state index contributed by atoms with van der Waals surface area (Å²) in [5, 5.41) is 0.160. The Morgan fingerprint density at radius 1 is 1.16 bits per heavy atom. The monoisotopic (exact) mass is 524 g/mol. The molecule has 1 aliphatic rings. The second-order valence-electron chi connectivity index (χ2n) is 10.5. The van der Waals surface area contributed by atoms with Crippen molar-refractivity contribution in [2.45, 2.75) is 71.9 Å². The van der Waals surface area contributed by atoms with Gasteiger partial charge in [-0.1, -0.05) is 62.7 Å². The van der Waals surface area contributed by atoms with E-state index in [9.17, 15) is 0 Å². The fraction of sp³-hybridized carbons (Fsp3) is 0.615. The molecule has 0 heterocycles. The van der Waals surface area contributed by atoms with Crippen molar-refractivity contribution in [1.29, 1.82) is 0 Å². The zero-order valence-electron chi connectivity index (χ0n) is 21.3. The first-order chi connectivity index (χ1) is 14.8. The molecule has 3 atom stereocenters. The minimum Gasteiger partial charge on any atom is -0.493 e. The predicted octanol–water partition coefficient (Wildman–Crippen LogP) is 7.49. The van der Waals surface area contributed by atoms with Gasteiger partial charge >= 0.3 is 0 Å².